The molecule has 1 N–H and O–H groups in total. The molecule has 1 aliphatic heterocycles. The van der Waals surface area contributed by atoms with Crippen LogP contribution in [0.15, 0.2) is 41.6 Å². The monoisotopic (exact) mass is 319 g/mol. The molecule has 116 valence electrons. The van der Waals surface area contributed by atoms with Gasteiger partial charge in [-0.25, -0.2) is 8.42 Å². The maximum absolute atomic E-state index is 12.1. The Morgan fingerprint density at radius 3 is 2.91 bits per heavy atom. The average Bonchev–Trinajstić information content (AvgIpc) is 2.87. The molecule has 1 atom stereocenters. The average molecular weight is 319 g/mol. The highest BCUT2D eigenvalue weighted by atomic mass is 32.2. The number of carbonyl (C=O) groups excluding carboxylic acids is 1. The predicted molar refractivity (Wildman–Crippen MR) is 81.0 cm³/mol. The third kappa shape index (κ3) is 2.89. The number of amides is 1. The first-order valence-electron chi connectivity index (χ1n) is 7.06. The second-order valence-corrected chi connectivity index (χ2v) is 7.56. The maximum Gasteiger partial charge on any atom is 0.242 e. The maximum atomic E-state index is 12.1. The van der Waals surface area contributed by atoms with E-state index in [1.54, 1.807) is 41.3 Å². The summed E-state index contributed by atoms with van der Waals surface area (Å²) < 4.78 is 25.7. The van der Waals surface area contributed by atoms with Crippen molar-refractivity contribution in [2.45, 2.75) is 30.8 Å². The molecule has 0 bridgehead atoms. The minimum absolute atomic E-state index is 0.0514. The van der Waals surface area contributed by atoms with Gasteiger partial charge in [-0.15, -0.1) is 0 Å². The fourth-order valence-electron chi connectivity index (χ4n) is 2.68. The Labute approximate surface area is 129 Å². The Morgan fingerprint density at radius 2 is 2.18 bits per heavy atom. The van der Waals surface area contributed by atoms with Gasteiger partial charge in [-0.2, -0.15) is 5.10 Å². The second-order valence-electron chi connectivity index (χ2n) is 5.48. The Bertz CT molecular complexity index is 811. The summed E-state index contributed by atoms with van der Waals surface area (Å²) in [5, 5.41) is 6.98. The van der Waals surface area contributed by atoms with Crippen molar-refractivity contribution in [3.05, 3.63) is 47.8 Å². The zero-order valence-corrected chi connectivity index (χ0v) is 13.0. The summed E-state index contributed by atoms with van der Waals surface area (Å²) in [6.07, 6.45) is 3.87. The van der Waals surface area contributed by atoms with Gasteiger partial charge in [0.15, 0.2) is 9.84 Å². The topological polar surface area (TPSA) is 81.1 Å². The molecule has 7 heteroatoms. The Balaban J connectivity index is 1.77. The summed E-state index contributed by atoms with van der Waals surface area (Å²) >= 11 is 0. The first-order valence-corrected chi connectivity index (χ1v) is 8.71. The van der Waals surface area contributed by atoms with Gasteiger partial charge in [0.2, 0.25) is 5.91 Å². The number of carbonyl (C=O) groups is 1. The van der Waals surface area contributed by atoms with Crippen LogP contribution in [0.2, 0.25) is 0 Å². The SMILES string of the molecule is Cc1cnn(CC(=O)NC2CCS(=O)(=O)c3ccccc32)c1. The van der Waals surface area contributed by atoms with E-state index < -0.39 is 9.84 Å². The highest BCUT2D eigenvalue weighted by molar-refractivity contribution is 7.91. The summed E-state index contributed by atoms with van der Waals surface area (Å²) in [5.74, 6) is -0.127. The summed E-state index contributed by atoms with van der Waals surface area (Å²) in [7, 11) is -3.24. The van der Waals surface area contributed by atoms with Gasteiger partial charge in [0.25, 0.3) is 0 Å². The van der Waals surface area contributed by atoms with E-state index in [1.807, 2.05) is 6.92 Å². The van der Waals surface area contributed by atoms with Crippen LogP contribution in [0.1, 0.15) is 23.6 Å². The van der Waals surface area contributed by atoms with Gasteiger partial charge >= 0.3 is 0 Å². The summed E-state index contributed by atoms with van der Waals surface area (Å²) in [6.45, 7) is 2.03. The van der Waals surface area contributed by atoms with E-state index in [9.17, 15) is 13.2 Å². The van der Waals surface area contributed by atoms with Crippen molar-refractivity contribution in [3.8, 4) is 0 Å². The molecule has 3 rings (SSSR count). The van der Waals surface area contributed by atoms with Crippen LogP contribution in [0.25, 0.3) is 0 Å². The number of nitrogens with one attached hydrogen (secondary N) is 1. The largest absolute Gasteiger partial charge is 0.348 e. The molecule has 2 aromatic rings. The van der Waals surface area contributed by atoms with Crippen LogP contribution in [0.3, 0.4) is 0 Å². The molecular weight excluding hydrogens is 302 g/mol. The molecule has 0 radical (unpaired) electrons. The number of benzene rings is 1. The first kappa shape index (κ1) is 14.8. The number of aryl methyl sites for hydroxylation is 1. The molecule has 1 aromatic carbocycles. The van der Waals surface area contributed by atoms with Crippen LogP contribution >= 0.6 is 0 Å². The van der Waals surface area contributed by atoms with Crippen LogP contribution < -0.4 is 5.32 Å². The van der Waals surface area contributed by atoms with Crippen LogP contribution in [-0.2, 0) is 21.2 Å². The van der Waals surface area contributed by atoms with Crippen molar-refractivity contribution >= 4 is 15.7 Å². The third-order valence-electron chi connectivity index (χ3n) is 3.71. The van der Waals surface area contributed by atoms with Gasteiger partial charge in [0, 0.05) is 6.20 Å². The number of rotatable bonds is 3. The van der Waals surface area contributed by atoms with Crippen molar-refractivity contribution < 1.29 is 13.2 Å². The molecule has 0 aliphatic carbocycles. The quantitative estimate of drug-likeness (QED) is 0.922. The minimum Gasteiger partial charge on any atom is -0.348 e. The van der Waals surface area contributed by atoms with Crippen LogP contribution in [-0.4, -0.2) is 29.9 Å². The predicted octanol–water partition coefficient (Wildman–Crippen LogP) is 1.23. The lowest BCUT2D eigenvalue weighted by Gasteiger charge is -2.26. The molecule has 1 aromatic heterocycles. The molecule has 0 saturated carbocycles. The molecule has 1 amide bonds. The molecule has 1 aliphatic rings. The molecule has 0 spiro atoms. The molecule has 0 saturated heterocycles. The van der Waals surface area contributed by atoms with E-state index in [0.29, 0.717) is 16.9 Å². The number of aromatic nitrogens is 2. The zero-order chi connectivity index (χ0) is 15.7. The zero-order valence-electron chi connectivity index (χ0n) is 12.2. The number of hydrogen-bond donors (Lipinski definition) is 1. The van der Waals surface area contributed by atoms with Gasteiger partial charge in [0.1, 0.15) is 6.54 Å². The highest BCUT2D eigenvalue weighted by Crippen LogP contribution is 2.31. The van der Waals surface area contributed by atoms with E-state index in [0.717, 1.165) is 5.56 Å². The lowest BCUT2D eigenvalue weighted by molar-refractivity contribution is -0.122. The Hall–Kier alpha value is -2.15. The molecule has 1 unspecified atom stereocenters. The molecular formula is C15H17N3O3S. The smallest absolute Gasteiger partial charge is 0.242 e. The van der Waals surface area contributed by atoms with Crippen molar-refractivity contribution in [2.75, 3.05) is 5.75 Å². The van der Waals surface area contributed by atoms with Crippen LogP contribution in [0.5, 0.6) is 0 Å². The van der Waals surface area contributed by atoms with Crippen molar-refractivity contribution in [1.29, 1.82) is 0 Å². The van der Waals surface area contributed by atoms with E-state index >= 15 is 0 Å². The molecule has 22 heavy (non-hydrogen) atoms. The van der Waals surface area contributed by atoms with Crippen molar-refractivity contribution in [1.82, 2.24) is 15.1 Å². The number of sulfone groups is 1. The third-order valence-corrected chi connectivity index (χ3v) is 5.52. The normalized spacial score (nSPS) is 19.4. The van der Waals surface area contributed by atoms with E-state index in [1.165, 1.54) is 0 Å². The number of hydrogen-bond acceptors (Lipinski definition) is 4. The Morgan fingerprint density at radius 1 is 1.41 bits per heavy atom. The summed E-state index contributed by atoms with van der Waals surface area (Å²) in [6, 6.07) is 6.57. The first-order chi connectivity index (χ1) is 10.5. The van der Waals surface area contributed by atoms with Gasteiger partial charge < -0.3 is 5.32 Å². The number of fused-ring (bicyclic) bond motifs is 1. The standard InChI is InChI=1S/C15H17N3O3S/c1-11-8-16-18(9-11)10-15(19)17-13-6-7-22(20,21)14-5-3-2-4-12(13)14/h2-5,8-9,13H,6-7,10H2,1H3,(H,17,19). The lowest BCUT2D eigenvalue weighted by Crippen LogP contribution is -2.35. The Kier molecular flexibility index (Phi) is 3.74. The minimum atomic E-state index is -3.24. The second kappa shape index (κ2) is 5.57. The number of nitrogens with zero attached hydrogens (tertiary/aromatic N) is 2. The fraction of sp³-hybridized carbons (Fsp3) is 0.333. The van der Waals surface area contributed by atoms with E-state index in [-0.39, 0.29) is 24.2 Å². The van der Waals surface area contributed by atoms with Gasteiger partial charge in [-0.3, -0.25) is 9.48 Å². The van der Waals surface area contributed by atoms with Crippen molar-refractivity contribution in [2.24, 2.45) is 0 Å². The van der Waals surface area contributed by atoms with E-state index in [2.05, 4.69) is 10.4 Å². The van der Waals surface area contributed by atoms with Crippen LogP contribution in [0.4, 0.5) is 0 Å². The van der Waals surface area contributed by atoms with Gasteiger partial charge in [-0.1, -0.05) is 18.2 Å². The van der Waals surface area contributed by atoms with Gasteiger partial charge in [0.05, 0.1) is 22.9 Å². The van der Waals surface area contributed by atoms with Gasteiger partial charge in [-0.05, 0) is 30.5 Å². The fourth-order valence-corrected chi connectivity index (χ4v) is 4.30. The lowest BCUT2D eigenvalue weighted by atomic mass is 10.0. The van der Waals surface area contributed by atoms with E-state index in [4.69, 9.17) is 0 Å². The van der Waals surface area contributed by atoms with Crippen LogP contribution in [0, 0.1) is 6.92 Å². The van der Waals surface area contributed by atoms with Crippen molar-refractivity contribution in [3.63, 3.8) is 0 Å². The summed E-state index contributed by atoms with van der Waals surface area (Å²) in [5.41, 5.74) is 1.65. The molecule has 2 heterocycles. The molecule has 6 nitrogen and oxygen atoms in total. The highest BCUT2D eigenvalue weighted by Gasteiger charge is 2.30. The molecule has 0 fully saturated rings. The summed E-state index contributed by atoms with van der Waals surface area (Å²) in [4.78, 5) is 12.5.